The van der Waals surface area contributed by atoms with Crippen LogP contribution in [-0.2, 0) is 11.3 Å². The summed E-state index contributed by atoms with van der Waals surface area (Å²) in [6.45, 7) is 0.881. The van der Waals surface area contributed by atoms with Crippen molar-refractivity contribution in [1.29, 1.82) is 0 Å². The number of hydrogen-bond donors (Lipinski definition) is 3. The Bertz CT molecular complexity index is 568. The van der Waals surface area contributed by atoms with E-state index < -0.39 is 6.10 Å². The number of carbonyl (C=O) groups excluding carboxylic acids is 1. The molecule has 19 heavy (non-hydrogen) atoms. The Kier molecular flexibility index (Phi) is 3.06. The van der Waals surface area contributed by atoms with Crippen LogP contribution in [0.3, 0.4) is 0 Å². The average Bonchev–Trinajstić information content (AvgIpc) is 2.97. The summed E-state index contributed by atoms with van der Waals surface area (Å²) in [7, 11) is 0. The maximum atomic E-state index is 12.0. The molecule has 2 aromatic rings. The van der Waals surface area contributed by atoms with E-state index in [1.807, 2.05) is 24.3 Å². The van der Waals surface area contributed by atoms with Crippen LogP contribution in [0.2, 0.25) is 0 Å². The van der Waals surface area contributed by atoms with Crippen LogP contribution in [0.5, 0.6) is 5.75 Å². The summed E-state index contributed by atoms with van der Waals surface area (Å²) in [4.78, 5) is 18.8. The van der Waals surface area contributed by atoms with Gasteiger partial charge in [0.15, 0.2) is 6.10 Å². The molecule has 1 atom stereocenters. The molecule has 0 spiro atoms. The Morgan fingerprint density at radius 3 is 3.21 bits per heavy atom. The number of imidazole rings is 1. The fourth-order valence-corrected chi connectivity index (χ4v) is 1.94. The lowest BCUT2D eigenvalue weighted by Crippen LogP contribution is -2.44. The molecule has 0 radical (unpaired) electrons. The van der Waals surface area contributed by atoms with Crippen molar-refractivity contribution in [3.05, 3.63) is 42.5 Å². The number of carbonyl (C=O) groups is 1. The molecule has 3 N–H and O–H groups in total. The second-order valence-electron chi connectivity index (χ2n) is 4.28. The lowest BCUT2D eigenvalue weighted by Gasteiger charge is -2.26. The predicted molar refractivity (Wildman–Crippen MR) is 69.8 cm³/mol. The molecule has 98 valence electrons. The van der Waals surface area contributed by atoms with Crippen molar-refractivity contribution in [1.82, 2.24) is 15.3 Å². The standard InChI is InChI=1S/C13H14N4O2/c18-13(16-6-9-5-14-8-17-9)12-7-15-10-3-1-2-4-11(10)19-12/h1-5,8,12,15H,6-7H2,(H,14,17)(H,16,18). The van der Waals surface area contributed by atoms with E-state index in [-0.39, 0.29) is 5.91 Å². The van der Waals surface area contributed by atoms with Crippen LogP contribution in [0.1, 0.15) is 5.69 Å². The summed E-state index contributed by atoms with van der Waals surface area (Å²) in [6.07, 6.45) is 2.74. The number of hydrogen-bond acceptors (Lipinski definition) is 4. The Labute approximate surface area is 110 Å². The molecule has 1 amide bonds. The molecule has 2 heterocycles. The van der Waals surface area contributed by atoms with Gasteiger partial charge in [-0.3, -0.25) is 4.79 Å². The van der Waals surface area contributed by atoms with Gasteiger partial charge in [0.25, 0.3) is 5.91 Å². The Balaban J connectivity index is 1.60. The monoisotopic (exact) mass is 258 g/mol. The smallest absolute Gasteiger partial charge is 0.263 e. The van der Waals surface area contributed by atoms with Crippen molar-refractivity contribution in [2.75, 3.05) is 11.9 Å². The molecule has 1 unspecified atom stereocenters. The molecular weight excluding hydrogens is 244 g/mol. The van der Waals surface area contributed by atoms with Gasteiger partial charge in [-0.05, 0) is 12.1 Å². The summed E-state index contributed by atoms with van der Waals surface area (Å²) in [5, 5.41) is 5.99. The van der Waals surface area contributed by atoms with E-state index in [0.29, 0.717) is 18.8 Å². The molecule has 0 saturated heterocycles. The first-order valence-electron chi connectivity index (χ1n) is 6.07. The Morgan fingerprint density at radius 2 is 2.37 bits per heavy atom. The number of H-pyrrole nitrogens is 1. The number of para-hydroxylation sites is 2. The zero-order valence-electron chi connectivity index (χ0n) is 10.2. The SMILES string of the molecule is O=C(NCc1cnc[nH]1)C1CNc2ccccc2O1. The maximum Gasteiger partial charge on any atom is 0.263 e. The summed E-state index contributed by atoms with van der Waals surface area (Å²) in [5.74, 6) is 0.562. The summed E-state index contributed by atoms with van der Waals surface area (Å²) >= 11 is 0. The number of nitrogens with zero attached hydrogens (tertiary/aromatic N) is 1. The number of fused-ring (bicyclic) bond motifs is 1. The van der Waals surface area contributed by atoms with E-state index in [4.69, 9.17) is 4.74 Å². The normalized spacial score (nSPS) is 16.9. The van der Waals surface area contributed by atoms with Gasteiger partial charge in [-0.25, -0.2) is 4.98 Å². The van der Waals surface area contributed by atoms with Crippen molar-refractivity contribution in [2.24, 2.45) is 0 Å². The van der Waals surface area contributed by atoms with E-state index in [9.17, 15) is 4.79 Å². The van der Waals surface area contributed by atoms with Gasteiger partial charge in [-0.15, -0.1) is 0 Å². The topological polar surface area (TPSA) is 79.0 Å². The van der Waals surface area contributed by atoms with Gasteiger partial charge < -0.3 is 20.4 Å². The number of nitrogens with one attached hydrogen (secondary N) is 3. The first-order chi connectivity index (χ1) is 9.33. The predicted octanol–water partition coefficient (Wildman–Crippen LogP) is 0.899. The first-order valence-corrected chi connectivity index (χ1v) is 6.07. The molecule has 3 rings (SSSR count). The molecule has 0 aliphatic carbocycles. The van der Waals surface area contributed by atoms with Crippen LogP contribution < -0.4 is 15.4 Å². The highest BCUT2D eigenvalue weighted by Crippen LogP contribution is 2.28. The average molecular weight is 258 g/mol. The first kappa shape index (κ1) is 11.6. The van der Waals surface area contributed by atoms with Crippen LogP contribution in [0.25, 0.3) is 0 Å². The van der Waals surface area contributed by atoms with Crippen molar-refractivity contribution < 1.29 is 9.53 Å². The minimum atomic E-state index is -0.516. The van der Waals surface area contributed by atoms with Crippen molar-refractivity contribution in [2.45, 2.75) is 12.6 Å². The van der Waals surface area contributed by atoms with Crippen molar-refractivity contribution in [3.63, 3.8) is 0 Å². The molecule has 0 bridgehead atoms. The lowest BCUT2D eigenvalue weighted by molar-refractivity contribution is -0.127. The van der Waals surface area contributed by atoms with Gasteiger partial charge in [0.1, 0.15) is 5.75 Å². The summed E-state index contributed by atoms with van der Waals surface area (Å²) in [5.41, 5.74) is 1.78. The quantitative estimate of drug-likeness (QED) is 0.764. The largest absolute Gasteiger partial charge is 0.477 e. The highest BCUT2D eigenvalue weighted by atomic mass is 16.5. The number of anilines is 1. The number of amides is 1. The van der Waals surface area contributed by atoms with E-state index in [0.717, 1.165) is 11.4 Å². The zero-order chi connectivity index (χ0) is 13.1. The van der Waals surface area contributed by atoms with Gasteiger partial charge >= 0.3 is 0 Å². The van der Waals surface area contributed by atoms with E-state index >= 15 is 0 Å². The second kappa shape index (κ2) is 5.01. The van der Waals surface area contributed by atoms with Crippen LogP contribution in [0, 0.1) is 0 Å². The van der Waals surface area contributed by atoms with Crippen LogP contribution >= 0.6 is 0 Å². The third-order valence-electron chi connectivity index (χ3n) is 2.93. The van der Waals surface area contributed by atoms with Crippen molar-refractivity contribution in [3.8, 4) is 5.75 Å². The lowest BCUT2D eigenvalue weighted by atomic mass is 10.2. The molecular formula is C13H14N4O2. The third kappa shape index (κ3) is 2.52. The van der Waals surface area contributed by atoms with E-state index in [1.54, 1.807) is 12.5 Å². The molecule has 6 heteroatoms. The van der Waals surface area contributed by atoms with Crippen LogP contribution in [0.15, 0.2) is 36.8 Å². The molecule has 1 aliphatic heterocycles. The van der Waals surface area contributed by atoms with Gasteiger partial charge in [0.2, 0.25) is 0 Å². The molecule has 1 aliphatic rings. The minimum Gasteiger partial charge on any atom is -0.477 e. The highest BCUT2D eigenvalue weighted by molar-refractivity contribution is 5.82. The molecule has 0 fully saturated rings. The fourth-order valence-electron chi connectivity index (χ4n) is 1.94. The highest BCUT2D eigenvalue weighted by Gasteiger charge is 2.25. The molecule has 0 saturated carbocycles. The zero-order valence-corrected chi connectivity index (χ0v) is 10.2. The van der Waals surface area contributed by atoms with Gasteiger partial charge in [-0.1, -0.05) is 12.1 Å². The molecule has 6 nitrogen and oxygen atoms in total. The third-order valence-corrected chi connectivity index (χ3v) is 2.93. The number of ether oxygens (including phenoxy) is 1. The number of benzene rings is 1. The number of aromatic amines is 1. The van der Waals surface area contributed by atoms with E-state index in [1.165, 1.54) is 0 Å². The second-order valence-corrected chi connectivity index (χ2v) is 4.28. The Hall–Kier alpha value is -2.50. The molecule has 1 aromatic heterocycles. The number of rotatable bonds is 3. The minimum absolute atomic E-state index is 0.142. The molecule has 1 aromatic carbocycles. The summed E-state index contributed by atoms with van der Waals surface area (Å²) < 4.78 is 5.66. The van der Waals surface area contributed by atoms with Gasteiger partial charge in [-0.2, -0.15) is 0 Å². The summed E-state index contributed by atoms with van der Waals surface area (Å²) in [6, 6.07) is 7.57. The Morgan fingerprint density at radius 1 is 1.47 bits per heavy atom. The van der Waals surface area contributed by atoms with E-state index in [2.05, 4.69) is 20.6 Å². The van der Waals surface area contributed by atoms with Crippen LogP contribution in [-0.4, -0.2) is 28.5 Å². The van der Waals surface area contributed by atoms with Gasteiger partial charge in [0.05, 0.1) is 30.8 Å². The van der Waals surface area contributed by atoms with Crippen LogP contribution in [0.4, 0.5) is 5.69 Å². The fraction of sp³-hybridized carbons (Fsp3) is 0.231. The number of aromatic nitrogens is 2. The van der Waals surface area contributed by atoms with Gasteiger partial charge in [0, 0.05) is 6.20 Å². The van der Waals surface area contributed by atoms with Crippen molar-refractivity contribution >= 4 is 11.6 Å². The maximum absolute atomic E-state index is 12.0.